The first-order chi connectivity index (χ1) is 13.3. The summed E-state index contributed by atoms with van der Waals surface area (Å²) in [5, 5.41) is 3.21. The topological polar surface area (TPSA) is 52.1 Å². The minimum Gasteiger partial charge on any atom is -0.456 e. The summed E-state index contributed by atoms with van der Waals surface area (Å²) in [6, 6.07) is 21.7. The van der Waals surface area contributed by atoms with Crippen LogP contribution in [0.5, 0.6) is 0 Å². The van der Waals surface area contributed by atoms with E-state index in [0.29, 0.717) is 11.3 Å². The summed E-state index contributed by atoms with van der Waals surface area (Å²) in [7, 11) is 0. The Labute approximate surface area is 158 Å². The first kappa shape index (κ1) is 14.8. The van der Waals surface area contributed by atoms with E-state index < -0.39 is 0 Å². The maximum atomic E-state index is 6.24. The molecular formula is C22H11ClN2O2. The van der Waals surface area contributed by atoms with E-state index >= 15 is 0 Å². The minimum absolute atomic E-state index is 0.196. The Morgan fingerprint density at radius 2 is 1.37 bits per heavy atom. The van der Waals surface area contributed by atoms with Crippen molar-refractivity contribution in [1.29, 1.82) is 0 Å². The molecular weight excluding hydrogens is 360 g/mol. The predicted octanol–water partition coefficient (Wildman–Crippen LogP) is 6.60. The molecule has 0 saturated heterocycles. The fourth-order valence-corrected chi connectivity index (χ4v) is 3.80. The summed E-state index contributed by atoms with van der Waals surface area (Å²) in [5.41, 5.74) is 5.39. The molecule has 0 amide bonds. The van der Waals surface area contributed by atoms with Crippen LogP contribution < -0.4 is 0 Å². The molecule has 27 heavy (non-hydrogen) atoms. The SMILES string of the molecule is Clc1nc(-c2ccc3oc4ccccc4c3c2)c2oc3ccccc3c2n1. The van der Waals surface area contributed by atoms with Gasteiger partial charge in [-0.2, -0.15) is 0 Å². The number of para-hydroxylation sites is 2. The summed E-state index contributed by atoms with van der Waals surface area (Å²) < 4.78 is 12.0. The number of fused-ring (bicyclic) bond motifs is 6. The number of hydrogen-bond donors (Lipinski definition) is 0. The Morgan fingerprint density at radius 1 is 0.667 bits per heavy atom. The quantitative estimate of drug-likeness (QED) is 0.306. The summed E-state index contributed by atoms with van der Waals surface area (Å²) in [5.74, 6) is 0. The zero-order valence-electron chi connectivity index (χ0n) is 13.9. The van der Waals surface area contributed by atoms with Gasteiger partial charge in [0.05, 0.1) is 0 Å². The fraction of sp³-hybridized carbons (Fsp3) is 0. The maximum Gasteiger partial charge on any atom is 0.223 e. The molecule has 0 aliphatic rings. The van der Waals surface area contributed by atoms with E-state index in [1.165, 1.54) is 0 Å². The van der Waals surface area contributed by atoms with Gasteiger partial charge in [0.2, 0.25) is 5.28 Å². The van der Waals surface area contributed by atoms with Crippen LogP contribution in [0.3, 0.4) is 0 Å². The molecule has 0 aliphatic carbocycles. The Bertz CT molecular complexity index is 1500. The van der Waals surface area contributed by atoms with Crippen molar-refractivity contribution in [2.45, 2.75) is 0 Å². The molecule has 128 valence electrons. The van der Waals surface area contributed by atoms with Crippen LogP contribution in [0.2, 0.25) is 5.28 Å². The van der Waals surface area contributed by atoms with Gasteiger partial charge in [-0.15, -0.1) is 0 Å². The molecule has 0 N–H and O–H groups in total. The molecule has 0 atom stereocenters. The van der Waals surface area contributed by atoms with Crippen LogP contribution in [-0.2, 0) is 0 Å². The molecule has 3 aromatic carbocycles. The van der Waals surface area contributed by atoms with Gasteiger partial charge in [-0.3, -0.25) is 0 Å². The summed E-state index contributed by atoms with van der Waals surface area (Å²) >= 11 is 6.24. The van der Waals surface area contributed by atoms with Crippen LogP contribution in [0.4, 0.5) is 0 Å². The second-order valence-electron chi connectivity index (χ2n) is 6.43. The Morgan fingerprint density at radius 3 is 2.22 bits per heavy atom. The monoisotopic (exact) mass is 370 g/mol. The van der Waals surface area contributed by atoms with Crippen molar-refractivity contribution in [3.63, 3.8) is 0 Å². The lowest BCUT2D eigenvalue weighted by Gasteiger charge is -2.03. The number of halogens is 1. The highest BCUT2D eigenvalue weighted by Gasteiger charge is 2.17. The van der Waals surface area contributed by atoms with E-state index in [1.807, 2.05) is 54.6 Å². The van der Waals surface area contributed by atoms with Gasteiger partial charge in [0.25, 0.3) is 0 Å². The minimum atomic E-state index is 0.196. The van der Waals surface area contributed by atoms with Gasteiger partial charge in [0, 0.05) is 21.7 Å². The molecule has 0 bridgehead atoms. The highest BCUT2D eigenvalue weighted by Crippen LogP contribution is 2.37. The Hall–Kier alpha value is -3.37. The molecule has 6 rings (SSSR count). The highest BCUT2D eigenvalue weighted by atomic mass is 35.5. The van der Waals surface area contributed by atoms with Crippen molar-refractivity contribution in [3.05, 3.63) is 72.0 Å². The van der Waals surface area contributed by atoms with E-state index in [1.54, 1.807) is 0 Å². The third-order valence-electron chi connectivity index (χ3n) is 4.84. The van der Waals surface area contributed by atoms with Crippen LogP contribution in [0, 0.1) is 0 Å². The number of furan rings is 2. The smallest absolute Gasteiger partial charge is 0.223 e. The first-order valence-corrected chi connectivity index (χ1v) is 8.92. The molecule has 0 spiro atoms. The van der Waals surface area contributed by atoms with Gasteiger partial charge in [-0.1, -0.05) is 30.3 Å². The van der Waals surface area contributed by atoms with Gasteiger partial charge in [0.1, 0.15) is 28.0 Å². The molecule has 0 fully saturated rings. The number of aromatic nitrogens is 2. The van der Waals surface area contributed by atoms with Crippen LogP contribution in [0.25, 0.3) is 55.3 Å². The molecule has 0 radical (unpaired) electrons. The summed E-state index contributed by atoms with van der Waals surface area (Å²) in [6.45, 7) is 0. The summed E-state index contributed by atoms with van der Waals surface area (Å²) in [6.07, 6.45) is 0. The lowest BCUT2D eigenvalue weighted by molar-refractivity contribution is 0.666. The number of nitrogens with zero attached hydrogens (tertiary/aromatic N) is 2. The van der Waals surface area contributed by atoms with Crippen molar-refractivity contribution in [2.75, 3.05) is 0 Å². The van der Waals surface area contributed by atoms with E-state index in [2.05, 4.69) is 22.1 Å². The second-order valence-corrected chi connectivity index (χ2v) is 6.76. The van der Waals surface area contributed by atoms with Crippen LogP contribution in [0.15, 0.2) is 75.6 Å². The van der Waals surface area contributed by atoms with E-state index in [4.69, 9.17) is 20.4 Å². The number of rotatable bonds is 1. The zero-order chi connectivity index (χ0) is 18.0. The zero-order valence-corrected chi connectivity index (χ0v) is 14.7. The van der Waals surface area contributed by atoms with Crippen molar-refractivity contribution in [2.24, 2.45) is 0 Å². The normalized spacial score (nSPS) is 11.9. The second kappa shape index (κ2) is 5.32. The predicted molar refractivity (Wildman–Crippen MR) is 107 cm³/mol. The molecule has 5 heteroatoms. The number of hydrogen-bond acceptors (Lipinski definition) is 4. The molecule has 0 unspecified atom stereocenters. The van der Waals surface area contributed by atoms with E-state index in [9.17, 15) is 0 Å². The van der Waals surface area contributed by atoms with Gasteiger partial charge in [0.15, 0.2) is 5.58 Å². The highest BCUT2D eigenvalue weighted by molar-refractivity contribution is 6.29. The van der Waals surface area contributed by atoms with Gasteiger partial charge in [-0.25, -0.2) is 9.97 Å². The fourth-order valence-electron chi connectivity index (χ4n) is 3.63. The van der Waals surface area contributed by atoms with Crippen molar-refractivity contribution in [3.8, 4) is 11.3 Å². The largest absolute Gasteiger partial charge is 0.456 e. The van der Waals surface area contributed by atoms with Crippen molar-refractivity contribution >= 4 is 55.6 Å². The van der Waals surface area contributed by atoms with Crippen LogP contribution >= 0.6 is 11.6 Å². The van der Waals surface area contributed by atoms with Gasteiger partial charge >= 0.3 is 0 Å². The standard InChI is InChI=1S/C22H11ClN2O2/c23-22-24-19(21-20(25-22)14-6-2-4-8-17(14)27-21)12-9-10-18-15(11-12)13-5-1-3-7-16(13)26-18/h1-11H. The Balaban J connectivity index is 1.70. The average Bonchev–Trinajstić information content (AvgIpc) is 3.25. The van der Waals surface area contributed by atoms with E-state index in [0.717, 1.165) is 44.0 Å². The third-order valence-corrected chi connectivity index (χ3v) is 5.01. The van der Waals surface area contributed by atoms with Crippen molar-refractivity contribution < 1.29 is 8.83 Å². The first-order valence-electron chi connectivity index (χ1n) is 8.54. The molecule has 0 saturated carbocycles. The van der Waals surface area contributed by atoms with Gasteiger partial charge < -0.3 is 8.83 Å². The molecule has 4 nitrogen and oxygen atoms in total. The van der Waals surface area contributed by atoms with Crippen LogP contribution in [-0.4, -0.2) is 9.97 Å². The molecule has 6 aromatic rings. The summed E-state index contributed by atoms with van der Waals surface area (Å²) in [4.78, 5) is 8.86. The number of benzene rings is 3. The lowest BCUT2D eigenvalue weighted by atomic mass is 10.1. The van der Waals surface area contributed by atoms with Gasteiger partial charge in [-0.05, 0) is 48.0 Å². The third kappa shape index (κ3) is 2.11. The molecule has 3 aromatic heterocycles. The van der Waals surface area contributed by atoms with E-state index in [-0.39, 0.29) is 5.28 Å². The Kier molecular flexibility index (Phi) is 2.91. The molecule has 0 aliphatic heterocycles. The lowest BCUT2D eigenvalue weighted by Crippen LogP contribution is -1.89. The van der Waals surface area contributed by atoms with Crippen LogP contribution in [0.1, 0.15) is 0 Å². The maximum absolute atomic E-state index is 6.24. The molecule has 3 heterocycles. The average molecular weight is 371 g/mol. The van der Waals surface area contributed by atoms with Crippen molar-refractivity contribution in [1.82, 2.24) is 9.97 Å².